The van der Waals surface area contributed by atoms with Gasteiger partial charge in [0.1, 0.15) is 11.5 Å². The molecule has 0 aliphatic carbocycles. The van der Waals surface area contributed by atoms with E-state index in [0.717, 1.165) is 11.6 Å². The van der Waals surface area contributed by atoms with Crippen LogP contribution in [0.1, 0.15) is 10.4 Å². The first-order valence-corrected chi connectivity index (χ1v) is 10.5. The number of carbonyl (C=O) groups excluding carboxylic acids is 1. The van der Waals surface area contributed by atoms with Crippen LogP contribution in [0.3, 0.4) is 0 Å². The summed E-state index contributed by atoms with van der Waals surface area (Å²) >= 11 is 0. The first-order valence-electron chi connectivity index (χ1n) is 10.5. The van der Waals surface area contributed by atoms with Gasteiger partial charge in [0.25, 0.3) is 5.91 Å². The number of aromatic nitrogens is 4. The van der Waals surface area contributed by atoms with Gasteiger partial charge in [-0.3, -0.25) is 4.79 Å². The van der Waals surface area contributed by atoms with Crippen LogP contribution in [0, 0.1) is 0 Å². The lowest BCUT2D eigenvalue weighted by Gasteiger charge is -2.35. The van der Waals surface area contributed by atoms with Crippen molar-refractivity contribution in [3.05, 3.63) is 90.8 Å². The van der Waals surface area contributed by atoms with Crippen molar-refractivity contribution in [2.75, 3.05) is 31.1 Å². The van der Waals surface area contributed by atoms with Gasteiger partial charge in [0.05, 0.1) is 0 Å². The molecule has 0 N–H and O–H groups in total. The molecule has 1 amide bonds. The predicted molar refractivity (Wildman–Crippen MR) is 120 cm³/mol. The molecular formula is C24H22N6O2. The van der Waals surface area contributed by atoms with Crippen LogP contribution in [0.25, 0.3) is 5.82 Å². The minimum Gasteiger partial charge on any atom is -0.457 e. The Morgan fingerprint density at radius 2 is 1.44 bits per heavy atom. The van der Waals surface area contributed by atoms with Gasteiger partial charge in [0, 0.05) is 44.1 Å². The average Bonchev–Trinajstić information content (AvgIpc) is 3.40. The normalized spacial score (nSPS) is 13.8. The van der Waals surface area contributed by atoms with Crippen LogP contribution in [0.5, 0.6) is 11.5 Å². The number of carbonyl (C=O) groups is 1. The summed E-state index contributed by atoms with van der Waals surface area (Å²) in [6, 6.07) is 22.5. The van der Waals surface area contributed by atoms with E-state index in [1.807, 2.05) is 83.9 Å². The lowest BCUT2D eigenvalue weighted by molar-refractivity contribution is 0.0746. The maximum absolute atomic E-state index is 12.9. The highest BCUT2D eigenvalue weighted by molar-refractivity contribution is 5.94. The molecule has 3 heterocycles. The molecule has 1 aliphatic heterocycles. The van der Waals surface area contributed by atoms with Crippen LogP contribution in [0.15, 0.2) is 85.2 Å². The zero-order valence-corrected chi connectivity index (χ0v) is 17.4. The Morgan fingerprint density at radius 1 is 0.750 bits per heavy atom. The number of hydrogen-bond acceptors (Lipinski definition) is 6. The molecule has 0 radical (unpaired) electrons. The Kier molecular flexibility index (Phi) is 5.48. The van der Waals surface area contributed by atoms with Crippen molar-refractivity contribution in [1.82, 2.24) is 24.9 Å². The van der Waals surface area contributed by atoms with E-state index in [4.69, 9.17) is 4.74 Å². The van der Waals surface area contributed by atoms with Gasteiger partial charge >= 0.3 is 0 Å². The second kappa shape index (κ2) is 8.89. The Bertz CT molecular complexity index is 1150. The third-order valence-electron chi connectivity index (χ3n) is 5.35. The van der Waals surface area contributed by atoms with Crippen molar-refractivity contribution >= 4 is 11.7 Å². The van der Waals surface area contributed by atoms with Gasteiger partial charge in [-0.2, -0.15) is 5.10 Å². The quantitative estimate of drug-likeness (QED) is 0.487. The highest BCUT2D eigenvalue weighted by atomic mass is 16.5. The van der Waals surface area contributed by atoms with E-state index in [0.29, 0.717) is 43.3 Å². The molecule has 0 atom stereocenters. The van der Waals surface area contributed by atoms with Crippen LogP contribution in [-0.4, -0.2) is 57.0 Å². The summed E-state index contributed by atoms with van der Waals surface area (Å²) in [5.74, 6) is 2.97. The second-order valence-electron chi connectivity index (χ2n) is 7.42. The van der Waals surface area contributed by atoms with Gasteiger partial charge in [-0.25, -0.2) is 4.68 Å². The zero-order chi connectivity index (χ0) is 21.8. The van der Waals surface area contributed by atoms with E-state index in [-0.39, 0.29) is 5.91 Å². The van der Waals surface area contributed by atoms with E-state index < -0.39 is 0 Å². The maximum Gasteiger partial charge on any atom is 0.253 e. The number of ether oxygens (including phenoxy) is 1. The van der Waals surface area contributed by atoms with Crippen LogP contribution in [-0.2, 0) is 0 Å². The number of rotatable bonds is 5. The fourth-order valence-corrected chi connectivity index (χ4v) is 3.62. The molecule has 4 aromatic rings. The minimum absolute atomic E-state index is 0.0241. The third kappa shape index (κ3) is 4.29. The first kappa shape index (κ1) is 19.7. The SMILES string of the molecule is O=C(c1ccc(Oc2ccccc2)cc1)N1CCN(c2ccc(-n3cccn3)nn2)CC1. The summed E-state index contributed by atoms with van der Waals surface area (Å²) in [7, 11) is 0. The summed E-state index contributed by atoms with van der Waals surface area (Å²) in [4.78, 5) is 16.9. The molecule has 0 saturated carbocycles. The second-order valence-corrected chi connectivity index (χ2v) is 7.42. The Hall–Kier alpha value is -4.20. The molecule has 2 aromatic carbocycles. The smallest absolute Gasteiger partial charge is 0.253 e. The van der Waals surface area contributed by atoms with Crippen molar-refractivity contribution < 1.29 is 9.53 Å². The summed E-state index contributed by atoms with van der Waals surface area (Å²) in [5.41, 5.74) is 0.655. The largest absolute Gasteiger partial charge is 0.457 e. The molecule has 8 nitrogen and oxygen atoms in total. The fourth-order valence-electron chi connectivity index (χ4n) is 3.62. The standard InChI is InChI=1S/C24H22N6O2/c31-24(19-7-9-21(10-8-19)32-20-5-2-1-3-6-20)29-17-15-28(16-18-29)22-11-12-23(27-26-22)30-14-4-13-25-30/h1-14H,15-18H2. The van der Waals surface area contributed by atoms with Crippen molar-refractivity contribution in [2.24, 2.45) is 0 Å². The molecule has 0 unspecified atom stereocenters. The molecule has 5 rings (SSSR count). The molecule has 0 spiro atoms. The van der Waals surface area contributed by atoms with Crippen molar-refractivity contribution in [2.45, 2.75) is 0 Å². The van der Waals surface area contributed by atoms with E-state index in [2.05, 4.69) is 20.2 Å². The van der Waals surface area contributed by atoms with Crippen molar-refractivity contribution in [3.63, 3.8) is 0 Å². The number of benzene rings is 2. The molecular weight excluding hydrogens is 404 g/mol. The number of para-hydroxylation sites is 1. The predicted octanol–water partition coefficient (Wildman–Crippen LogP) is 3.42. The number of hydrogen-bond donors (Lipinski definition) is 0. The summed E-state index contributed by atoms with van der Waals surface area (Å²) in [6.07, 6.45) is 3.53. The van der Waals surface area contributed by atoms with E-state index in [9.17, 15) is 4.79 Å². The van der Waals surface area contributed by atoms with Gasteiger partial charge in [-0.1, -0.05) is 18.2 Å². The summed E-state index contributed by atoms with van der Waals surface area (Å²) < 4.78 is 7.47. The Balaban J connectivity index is 1.17. The number of nitrogens with zero attached hydrogens (tertiary/aromatic N) is 6. The highest BCUT2D eigenvalue weighted by Crippen LogP contribution is 2.22. The topological polar surface area (TPSA) is 76.4 Å². The van der Waals surface area contributed by atoms with Crippen LogP contribution in [0.2, 0.25) is 0 Å². The number of amides is 1. The third-order valence-corrected chi connectivity index (χ3v) is 5.35. The van der Waals surface area contributed by atoms with Crippen molar-refractivity contribution in [1.29, 1.82) is 0 Å². The fraction of sp³-hybridized carbons (Fsp3) is 0.167. The maximum atomic E-state index is 12.9. The van der Waals surface area contributed by atoms with Gasteiger partial charge in [0.15, 0.2) is 11.6 Å². The molecule has 32 heavy (non-hydrogen) atoms. The summed E-state index contributed by atoms with van der Waals surface area (Å²) in [6.45, 7) is 2.67. The highest BCUT2D eigenvalue weighted by Gasteiger charge is 2.23. The van der Waals surface area contributed by atoms with Crippen LogP contribution in [0.4, 0.5) is 5.82 Å². The van der Waals surface area contributed by atoms with E-state index in [1.165, 1.54) is 0 Å². The summed E-state index contributed by atoms with van der Waals surface area (Å²) in [5, 5.41) is 12.7. The number of piperazine rings is 1. The lowest BCUT2D eigenvalue weighted by atomic mass is 10.1. The Labute approximate surface area is 185 Å². The van der Waals surface area contributed by atoms with E-state index >= 15 is 0 Å². The molecule has 1 saturated heterocycles. The monoisotopic (exact) mass is 426 g/mol. The minimum atomic E-state index is 0.0241. The van der Waals surface area contributed by atoms with Crippen LogP contribution >= 0.6 is 0 Å². The van der Waals surface area contributed by atoms with Gasteiger partial charge < -0.3 is 14.5 Å². The molecule has 8 heteroatoms. The average molecular weight is 426 g/mol. The molecule has 160 valence electrons. The molecule has 1 aliphatic rings. The lowest BCUT2D eigenvalue weighted by Crippen LogP contribution is -2.49. The van der Waals surface area contributed by atoms with Gasteiger partial charge in [0.2, 0.25) is 0 Å². The molecule has 0 bridgehead atoms. The van der Waals surface area contributed by atoms with Gasteiger partial charge in [-0.15, -0.1) is 10.2 Å². The van der Waals surface area contributed by atoms with E-state index in [1.54, 1.807) is 10.9 Å². The van der Waals surface area contributed by atoms with Crippen LogP contribution < -0.4 is 9.64 Å². The number of anilines is 1. The Morgan fingerprint density at radius 3 is 2.09 bits per heavy atom. The van der Waals surface area contributed by atoms with Crippen molar-refractivity contribution in [3.8, 4) is 17.3 Å². The molecule has 2 aromatic heterocycles. The first-order chi connectivity index (χ1) is 15.8. The molecule has 1 fully saturated rings. The van der Waals surface area contributed by atoms with Gasteiger partial charge in [-0.05, 0) is 54.6 Å². The zero-order valence-electron chi connectivity index (χ0n) is 17.4.